The van der Waals surface area contributed by atoms with Crippen LogP contribution in [0.3, 0.4) is 0 Å². The smallest absolute Gasteiger partial charge is 0.246 e. The average molecular weight is 262 g/mol. The molecule has 1 fully saturated rings. The van der Waals surface area contributed by atoms with Gasteiger partial charge in [-0.05, 0) is 25.1 Å². The molecule has 0 radical (unpaired) electrons. The van der Waals surface area contributed by atoms with Crippen LogP contribution in [0.1, 0.15) is 6.42 Å². The Kier molecular flexibility index (Phi) is 3.41. The summed E-state index contributed by atoms with van der Waals surface area (Å²) in [6.07, 6.45) is 0.606. The molecule has 1 aromatic rings. The van der Waals surface area contributed by atoms with E-state index >= 15 is 0 Å². The van der Waals surface area contributed by atoms with Crippen LogP contribution in [0.25, 0.3) is 0 Å². The van der Waals surface area contributed by atoms with Crippen molar-refractivity contribution in [3.8, 4) is 0 Å². The lowest BCUT2D eigenvalue weighted by molar-refractivity contribution is 0.507. The summed E-state index contributed by atoms with van der Waals surface area (Å²) in [5.41, 5.74) is 0. The molecule has 0 unspecified atom stereocenters. The summed E-state index contributed by atoms with van der Waals surface area (Å²) in [7, 11) is -4.15. The average Bonchev–Trinajstić information content (AvgIpc) is 2.68. The third kappa shape index (κ3) is 2.62. The van der Waals surface area contributed by atoms with E-state index in [1.807, 2.05) is 0 Å². The number of rotatable bonds is 3. The van der Waals surface area contributed by atoms with Crippen molar-refractivity contribution in [3.05, 3.63) is 29.8 Å². The van der Waals surface area contributed by atoms with E-state index in [2.05, 4.69) is 10.0 Å². The van der Waals surface area contributed by atoms with Crippen LogP contribution in [0.2, 0.25) is 0 Å². The van der Waals surface area contributed by atoms with Crippen molar-refractivity contribution in [3.63, 3.8) is 0 Å². The zero-order valence-electron chi connectivity index (χ0n) is 8.91. The quantitative estimate of drug-likeness (QED) is 0.839. The van der Waals surface area contributed by atoms with Gasteiger partial charge in [0, 0.05) is 12.6 Å². The van der Waals surface area contributed by atoms with Gasteiger partial charge in [0.15, 0.2) is 4.90 Å². The molecule has 0 spiro atoms. The summed E-state index contributed by atoms with van der Waals surface area (Å²) < 4.78 is 52.6. The van der Waals surface area contributed by atoms with Gasteiger partial charge in [0.25, 0.3) is 0 Å². The third-order valence-electron chi connectivity index (χ3n) is 2.57. The van der Waals surface area contributed by atoms with Gasteiger partial charge in [0.05, 0.1) is 0 Å². The van der Waals surface area contributed by atoms with E-state index in [1.165, 1.54) is 0 Å². The van der Waals surface area contributed by atoms with Crippen LogP contribution in [0.5, 0.6) is 0 Å². The van der Waals surface area contributed by atoms with E-state index < -0.39 is 26.6 Å². The molecule has 0 bridgehead atoms. The number of hydrogen-bond donors (Lipinski definition) is 2. The number of benzene rings is 1. The first kappa shape index (κ1) is 12.4. The number of halogens is 2. The molecule has 1 heterocycles. The standard InChI is InChI=1S/C10H12F2N2O2S/c11-8-2-1-3-9(12)10(8)17(15,16)14-7-4-5-13-6-7/h1-3,7,13-14H,4-6H2/t7-/m0/s1. The monoisotopic (exact) mass is 262 g/mol. The molecule has 4 nitrogen and oxygen atoms in total. The van der Waals surface area contributed by atoms with Crippen molar-refractivity contribution in [2.45, 2.75) is 17.4 Å². The molecular formula is C10H12F2N2O2S. The van der Waals surface area contributed by atoms with Gasteiger partial charge < -0.3 is 5.32 Å². The maximum atomic E-state index is 13.3. The fraction of sp³-hybridized carbons (Fsp3) is 0.400. The van der Waals surface area contributed by atoms with E-state index in [4.69, 9.17) is 0 Å². The summed E-state index contributed by atoms with van der Waals surface area (Å²) >= 11 is 0. The topological polar surface area (TPSA) is 58.2 Å². The molecule has 1 saturated heterocycles. The highest BCUT2D eigenvalue weighted by Gasteiger charge is 2.27. The molecule has 2 N–H and O–H groups in total. The lowest BCUT2D eigenvalue weighted by Crippen LogP contribution is -2.37. The summed E-state index contributed by atoms with van der Waals surface area (Å²) in [6.45, 7) is 1.16. The first-order chi connectivity index (χ1) is 8.00. The molecule has 0 aliphatic carbocycles. The second-order valence-corrected chi connectivity index (χ2v) is 5.51. The molecule has 1 aromatic carbocycles. The van der Waals surface area contributed by atoms with Crippen molar-refractivity contribution in [2.24, 2.45) is 0 Å². The molecule has 94 valence electrons. The molecule has 1 atom stereocenters. The highest BCUT2D eigenvalue weighted by atomic mass is 32.2. The maximum absolute atomic E-state index is 13.3. The zero-order chi connectivity index (χ0) is 12.5. The normalized spacial score (nSPS) is 20.7. The van der Waals surface area contributed by atoms with Gasteiger partial charge >= 0.3 is 0 Å². The molecular weight excluding hydrogens is 250 g/mol. The predicted molar refractivity (Wildman–Crippen MR) is 58.0 cm³/mol. The van der Waals surface area contributed by atoms with E-state index in [-0.39, 0.29) is 6.04 Å². The van der Waals surface area contributed by atoms with Gasteiger partial charge in [-0.1, -0.05) is 6.07 Å². The Morgan fingerprint density at radius 1 is 1.29 bits per heavy atom. The fourth-order valence-corrected chi connectivity index (χ4v) is 3.18. The SMILES string of the molecule is O=S(=O)(N[C@H]1CCNC1)c1c(F)cccc1F. The molecule has 2 rings (SSSR count). The molecule has 7 heteroatoms. The summed E-state index contributed by atoms with van der Waals surface area (Å²) in [5, 5.41) is 2.96. The number of sulfonamides is 1. The number of hydrogen-bond acceptors (Lipinski definition) is 3. The van der Waals surface area contributed by atoms with Crippen molar-refractivity contribution in [2.75, 3.05) is 13.1 Å². The van der Waals surface area contributed by atoms with Gasteiger partial charge in [0.1, 0.15) is 11.6 Å². The lowest BCUT2D eigenvalue weighted by Gasteiger charge is -2.12. The number of nitrogens with one attached hydrogen (secondary N) is 2. The first-order valence-electron chi connectivity index (χ1n) is 5.18. The van der Waals surface area contributed by atoms with Crippen molar-refractivity contribution >= 4 is 10.0 Å². The minimum Gasteiger partial charge on any atom is -0.315 e. The minimum absolute atomic E-state index is 0.320. The Hall–Kier alpha value is -1.05. The van der Waals surface area contributed by atoms with E-state index in [0.717, 1.165) is 18.2 Å². The Morgan fingerprint density at radius 3 is 2.47 bits per heavy atom. The maximum Gasteiger partial charge on any atom is 0.246 e. The van der Waals surface area contributed by atoms with Gasteiger partial charge in [-0.2, -0.15) is 0 Å². The highest BCUT2D eigenvalue weighted by molar-refractivity contribution is 7.89. The van der Waals surface area contributed by atoms with Crippen LogP contribution in [-0.4, -0.2) is 27.5 Å². The van der Waals surface area contributed by atoms with Crippen LogP contribution >= 0.6 is 0 Å². The van der Waals surface area contributed by atoms with Crippen LogP contribution in [0.4, 0.5) is 8.78 Å². The van der Waals surface area contributed by atoms with Crippen molar-refractivity contribution < 1.29 is 17.2 Å². The molecule has 17 heavy (non-hydrogen) atoms. The predicted octanol–water partition coefficient (Wildman–Crippen LogP) is 0.605. The van der Waals surface area contributed by atoms with Crippen molar-refractivity contribution in [1.29, 1.82) is 0 Å². The van der Waals surface area contributed by atoms with E-state index in [0.29, 0.717) is 19.5 Å². The van der Waals surface area contributed by atoms with Gasteiger partial charge in [0.2, 0.25) is 10.0 Å². The van der Waals surface area contributed by atoms with Gasteiger partial charge in [-0.3, -0.25) is 0 Å². The van der Waals surface area contributed by atoms with Gasteiger partial charge in [-0.15, -0.1) is 0 Å². The van der Waals surface area contributed by atoms with Crippen molar-refractivity contribution in [1.82, 2.24) is 10.0 Å². The van der Waals surface area contributed by atoms with E-state index in [1.54, 1.807) is 0 Å². The molecule has 0 aromatic heterocycles. The second-order valence-electron chi connectivity index (χ2n) is 3.86. The first-order valence-corrected chi connectivity index (χ1v) is 6.66. The van der Waals surface area contributed by atoms with Crippen LogP contribution in [0.15, 0.2) is 23.1 Å². The van der Waals surface area contributed by atoms with E-state index in [9.17, 15) is 17.2 Å². The highest BCUT2D eigenvalue weighted by Crippen LogP contribution is 2.18. The minimum atomic E-state index is -4.15. The largest absolute Gasteiger partial charge is 0.315 e. The molecule has 0 saturated carbocycles. The van der Waals surface area contributed by atoms with Crippen LogP contribution in [-0.2, 0) is 10.0 Å². The molecule has 1 aliphatic rings. The third-order valence-corrected chi connectivity index (χ3v) is 4.14. The fourth-order valence-electron chi connectivity index (χ4n) is 1.77. The Balaban J connectivity index is 2.31. The lowest BCUT2D eigenvalue weighted by atomic mass is 10.3. The van der Waals surface area contributed by atoms with Gasteiger partial charge in [-0.25, -0.2) is 21.9 Å². The zero-order valence-corrected chi connectivity index (χ0v) is 9.73. The molecule has 0 amide bonds. The summed E-state index contributed by atoms with van der Waals surface area (Å²) in [4.78, 5) is -0.910. The second kappa shape index (κ2) is 4.67. The Labute approximate surface area is 98.1 Å². The molecule has 1 aliphatic heterocycles. The Bertz CT molecular complexity index is 493. The summed E-state index contributed by atoms with van der Waals surface area (Å²) in [5.74, 6) is -2.16. The van der Waals surface area contributed by atoms with Crippen LogP contribution < -0.4 is 10.0 Å². The van der Waals surface area contributed by atoms with Crippen LogP contribution in [0, 0.1) is 11.6 Å². The summed E-state index contributed by atoms with van der Waals surface area (Å²) in [6, 6.07) is 2.65. The Morgan fingerprint density at radius 2 is 1.94 bits per heavy atom.